The number of hydrogen-bond acceptors (Lipinski definition) is 4. The number of carbonyl (C=O) groups excluding carboxylic acids is 1. The van der Waals surface area contributed by atoms with Gasteiger partial charge in [0.1, 0.15) is 5.52 Å². The van der Waals surface area contributed by atoms with Gasteiger partial charge < -0.3 is 11.1 Å². The molecule has 0 aliphatic heterocycles. The van der Waals surface area contributed by atoms with Crippen molar-refractivity contribution in [3.05, 3.63) is 89.7 Å². The number of nitrogens with one attached hydrogen (secondary N) is 1. The lowest BCUT2D eigenvalue weighted by Gasteiger charge is -2.12. The normalized spacial score (nSPS) is 11.3. The van der Waals surface area contributed by atoms with Crippen molar-refractivity contribution in [1.29, 1.82) is 0 Å². The zero-order valence-corrected chi connectivity index (χ0v) is 17.1. The highest BCUT2D eigenvalue weighted by Gasteiger charge is 2.19. The average molecular weight is 410 g/mol. The standard InChI is InChI=1S/C24H22N6O/c1-16-19(14-22(25)31)18-10-5-6-11-20(18)30(16)24-27-23(21-12-7-13-29(21)28-24)26-15-17-8-3-2-4-9-17/h2-13H,14-15H2,1H3,(H2,25,31)(H,26,27,28). The molecule has 154 valence electrons. The first-order chi connectivity index (χ1) is 15.1. The molecule has 0 fully saturated rings. The maximum Gasteiger partial charge on any atom is 0.254 e. The van der Waals surface area contributed by atoms with Crippen molar-refractivity contribution in [2.75, 3.05) is 5.32 Å². The molecule has 5 rings (SSSR count). The molecular formula is C24H22N6O. The maximum absolute atomic E-state index is 11.7. The average Bonchev–Trinajstić information content (AvgIpc) is 3.35. The van der Waals surface area contributed by atoms with Gasteiger partial charge in [-0.15, -0.1) is 5.10 Å². The molecule has 5 aromatic rings. The van der Waals surface area contributed by atoms with Crippen molar-refractivity contribution in [1.82, 2.24) is 19.2 Å². The molecule has 31 heavy (non-hydrogen) atoms. The third kappa shape index (κ3) is 3.40. The molecule has 0 atom stereocenters. The van der Waals surface area contributed by atoms with E-state index in [2.05, 4.69) is 17.4 Å². The van der Waals surface area contributed by atoms with Gasteiger partial charge in [-0.25, -0.2) is 4.52 Å². The fourth-order valence-electron chi connectivity index (χ4n) is 4.02. The first kappa shape index (κ1) is 18.9. The number of rotatable bonds is 6. The van der Waals surface area contributed by atoms with Crippen LogP contribution in [-0.4, -0.2) is 25.1 Å². The summed E-state index contributed by atoms with van der Waals surface area (Å²) in [6, 6.07) is 22.0. The topological polar surface area (TPSA) is 90.2 Å². The van der Waals surface area contributed by atoms with Gasteiger partial charge in [-0.05, 0) is 36.2 Å². The Balaban J connectivity index is 1.65. The molecule has 0 unspecified atom stereocenters. The lowest BCUT2D eigenvalue weighted by Crippen LogP contribution is -2.15. The number of amides is 1. The zero-order chi connectivity index (χ0) is 21.4. The molecule has 3 heterocycles. The van der Waals surface area contributed by atoms with Crippen molar-refractivity contribution >= 4 is 28.1 Å². The Morgan fingerprint density at radius 3 is 2.55 bits per heavy atom. The number of nitrogens with two attached hydrogens (primary N) is 1. The number of benzene rings is 2. The minimum Gasteiger partial charge on any atom is -0.369 e. The van der Waals surface area contributed by atoms with Crippen LogP contribution in [0, 0.1) is 6.92 Å². The van der Waals surface area contributed by atoms with Crippen LogP contribution in [0.5, 0.6) is 0 Å². The van der Waals surface area contributed by atoms with Crippen LogP contribution in [-0.2, 0) is 17.8 Å². The van der Waals surface area contributed by atoms with Gasteiger partial charge in [0.05, 0.1) is 11.9 Å². The zero-order valence-electron chi connectivity index (χ0n) is 17.1. The molecule has 3 N–H and O–H groups in total. The third-order valence-corrected chi connectivity index (χ3v) is 5.48. The summed E-state index contributed by atoms with van der Waals surface area (Å²) in [7, 11) is 0. The van der Waals surface area contributed by atoms with E-state index in [1.165, 1.54) is 5.56 Å². The molecular weight excluding hydrogens is 388 g/mol. The Morgan fingerprint density at radius 2 is 1.74 bits per heavy atom. The van der Waals surface area contributed by atoms with Gasteiger partial charge in [0.25, 0.3) is 5.95 Å². The van der Waals surface area contributed by atoms with Crippen LogP contribution < -0.4 is 11.1 Å². The molecule has 7 heteroatoms. The van der Waals surface area contributed by atoms with E-state index in [1.54, 1.807) is 0 Å². The van der Waals surface area contributed by atoms with Crippen molar-refractivity contribution in [2.45, 2.75) is 19.9 Å². The first-order valence-corrected chi connectivity index (χ1v) is 10.1. The summed E-state index contributed by atoms with van der Waals surface area (Å²) in [5, 5.41) is 9.16. The van der Waals surface area contributed by atoms with Crippen LogP contribution >= 0.6 is 0 Å². The third-order valence-electron chi connectivity index (χ3n) is 5.48. The molecule has 1 amide bonds. The molecule has 0 bridgehead atoms. The van der Waals surface area contributed by atoms with E-state index in [1.807, 2.05) is 76.8 Å². The van der Waals surface area contributed by atoms with Crippen molar-refractivity contribution < 1.29 is 4.79 Å². The van der Waals surface area contributed by atoms with Crippen LogP contribution in [0.3, 0.4) is 0 Å². The summed E-state index contributed by atoms with van der Waals surface area (Å²) in [5.74, 6) is 0.911. The van der Waals surface area contributed by atoms with Crippen LogP contribution in [0.15, 0.2) is 72.9 Å². The van der Waals surface area contributed by atoms with Crippen LogP contribution in [0.4, 0.5) is 5.82 Å². The van der Waals surface area contributed by atoms with Crippen molar-refractivity contribution in [3.8, 4) is 5.95 Å². The Labute approximate surface area is 179 Å². The number of aromatic nitrogens is 4. The summed E-state index contributed by atoms with van der Waals surface area (Å²) in [6.07, 6.45) is 2.07. The minimum atomic E-state index is -0.363. The lowest BCUT2D eigenvalue weighted by atomic mass is 10.1. The van der Waals surface area contributed by atoms with Crippen molar-refractivity contribution in [2.24, 2.45) is 5.73 Å². The van der Waals surface area contributed by atoms with E-state index >= 15 is 0 Å². The summed E-state index contributed by atoms with van der Waals surface area (Å²) in [6.45, 7) is 2.62. The van der Waals surface area contributed by atoms with Crippen LogP contribution in [0.25, 0.3) is 22.4 Å². The predicted molar refractivity (Wildman–Crippen MR) is 121 cm³/mol. The fraction of sp³-hybridized carbons (Fsp3) is 0.125. The van der Waals surface area contributed by atoms with Crippen LogP contribution in [0.1, 0.15) is 16.8 Å². The largest absolute Gasteiger partial charge is 0.369 e. The van der Waals surface area contributed by atoms with E-state index in [4.69, 9.17) is 15.8 Å². The molecule has 0 spiro atoms. The SMILES string of the molecule is Cc1c(CC(N)=O)c2ccccc2n1-c1nc(NCc2ccccc2)c2cccn2n1. The molecule has 3 aromatic heterocycles. The van der Waals surface area contributed by atoms with E-state index in [0.717, 1.165) is 33.5 Å². The maximum atomic E-state index is 11.7. The van der Waals surface area contributed by atoms with Gasteiger partial charge in [0, 0.05) is 23.8 Å². The Hall–Kier alpha value is -4.13. The van der Waals surface area contributed by atoms with Gasteiger partial charge in [0.2, 0.25) is 5.91 Å². The number of fused-ring (bicyclic) bond motifs is 2. The number of nitrogens with zero attached hydrogens (tertiary/aromatic N) is 4. The van der Waals surface area contributed by atoms with E-state index in [0.29, 0.717) is 12.5 Å². The molecule has 0 aliphatic rings. The van der Waals surface area contributed by atoms with Gasteiger partial charge in [0.15, 0.2) is 5.82 Å². The highest BCUT2D eigenvalue weighted by Crippen LogP contribution is 2.29. The van der Waals surface area contributed by atoms with Gasteiger partial charge >= 0.3 is 0 Å². The fourth-order valence-corrected chi connectivity index (χ4v) is 4.02. The highest BCUT2D eigenvalue weighted by atomic mass is 16.1. The molecule has 0 aliphatic carbocycles. The minimum absolute atomic E-state index is 0.171. The molecule has 0 saturated carbocycles. The van der Waals surface area contributed by atoms with Gasteiger partial charge in [-0.2, -0.15) is 4.98 Å². The second-order valence-electron chi connectivity index (χ2n) is 7.50. The monoisotopic (exact) mass is 410 g/mol. The van der Waals surface area contributed by atoms with Gasteiger partial charge in [-0.3, -0.25) is 9.36 Å². The first-order valence-electron chi connectivity index (χ1n) is 10.1. The summed E-state index contributed by atoms with van der Waals surface area (Å²) in [4.78, 5) is 16.6. The Bertz CT molecular complexity index is 1400. The quantitative estimate of drug-likeness (QED) is 0.447. The highest BCUT2D eigenvalue weighted by molar-refractivity contribution is 5.91. The number of para-hydroxylation sites is 1. The molecule has 7 nitrogen and oxygen atoms in total. The second-order valence-corrected chi connectivity index (χ2v) is 7.50. The lowest BCUT2D eigenvalue weighted by molar-refractivity contribution is -0.117. The molecule has 0 saturated heterocycles. The summed E-state index contributed by atoms with van der Waals surface area (Å²) >= 11 is 0. The van der Waals surface area contributed by atoms with Crippen molar-refractivity contribution in [3.63, 3.8) is 0 Å². The van der Waals surface area contributed by atoms with E-state index in [9.17, 15) is 4.79 Å². The van der Waals surface area contributed by atoms with E-state index in [-0.39, 0.29) is 12.3 Å². The number of carbonyl (C=O) groups is 1. The Kier molecular flexibility index (Phi) is 4.63. The summed E-state index contributed by atoms with van der Waals surface area (Å²) < 4.78 is 3.80. The second kappa shape index (κ2) is 7.60. The Morgan fingerprint density at radius 1 is 1.00 bits per heavy atom. The van der Waals surface area contributed by atoms with Crippen LogP contribution in [0.2, 0.25) is 0 Å². The summed E-state index contributed by atoms with van der Waals surface area (Å²) in [5.41, 5.74) is 10.3. The predicted octanol–water partition coefficient (Wildman–Crippen LogP) is 3.62. The molecule has 0 radical (unpaired) electrons. The van der Waals surface area contributed by atoms with E-state index < -0.39 is 0 Å². The molecule has 2 aromatic carbocycles. The number of hydrogen-bond donors (Lipinski definition) is 2. The number of anilines is 1. The van der Waals surface area contributed by atoms with Gasteiger partial charge in [-0.1, -0.05) is 48.5 Å². The smallest absolute Gasteiger partial charge is 0.254 e. The number of primary amides is 1.